The maximum atomic E-state index is 12.3. The highest BCUT2D eigenvalue weighted by Crippen LogP contribution is 2.25. The van der Waals surface area contributed by atoms with Gasteiger partial charge in [-0.3, -0.25) is 0 Å². The first-order chi connectivity index (χ1) is 8.76. The summed E-state index contributed by atoms with van der Waals surface area (Å²) in [4.78, 5) is 0.207. The average Bonchev–Trinajstić information content (AvgIpc) is 2.30. The van der Waals surface area contributed by atoms with Gasteiger partial charge in [0.1, 0.15) is 0 Å². The van der Waals surface area contributed by atoms with Crippen LogP contribution < -0.4 is 4.72 Å². The van der Waals surface area contributed by atoms with Crippen molar-refractivity contribution in [2.45, 2.75) is 31.2 Å². The van der Waals surface area contributed by atoms with Crippen molar-refractivity contribution in [2.24, 2.45) is 5.92 Å². The molecule has 1 rings (SSSR count). The number of halogens is 3. The minimum Gasteiger partial charge on any atom is -0.207 e. The van der Waals surface area contributed by atoms with Crippen molar-refractivity contribution in [2.75, 3.05) is 5.33 Å². The van der Waals surface area contributed by atoms with Crippen molar-refractivity contribution in [3.63, 3.8) is 0 Å². The summed E-state index contributed by atoms with van der Waals surface area (Å²) in [6.07, 6.45) is 0.777. The lowest BCUT2D eigenvalue weighted by molar-refractivity contribution is 0.488. The lowest BCUT2D eigenvalue weighted by Gasteiger charge is -2.18. The molecule has 19 heavy (non-hydrogen) atoms. The molecule has 7 heteroatoms. The topological polar surface area (TPSA) is 46.2 Å². The van der Waals surface area contributed by atoms with Gasteiger partial charge in [0.25, 0.3) is 0 Å². The van der Waals surface area contributed by atoms with Crippen LogP contribution >= 0.6 is 43.5 Å². The van der Waals surface area contributed by atoms with E-state index in [1.807, 2.05) is 0 Å². The summed E-state index contributed by atoms with van der Waals surface area (Å²) in [6.45, 7) is 4.12. The number of alkyl halides is 1. The van der Waals surface area contributed by atoms with Gasteiger partial charge in [0.15, 0.2) is 0 Å². The van der Waals surface area contributed by atoms with E-state index in [0.29, 0.717) is 20.7 Å². The lowest BCUT2D eigenvalue weighted by atomic mass is 10.1. The number of hydrogen-bond donors (Lipinski definition) is 1. The Morgan fingerprint density at radius 3 is 2.47 bits per heavy atom. The summed E-state index contributed by atoms with van der Waals surface area (Å²) in [5, 5.41) is 1.07. The quantitative estimate of drug-likeness (QED) is 0.684. The van der Waals surface area contributed by atoms with E-state index in [9.17, 15) is 8.42 Å². The molecule has 0 fully saturated rings. The Bertz CT molecular complexity index is 535. The fourth-order valence-electron chi connectivity index (χ4n) is 1.64. The standard InChI is InChI=1S/C12H16Br2ClNO2S/c1-8(2)5-9(7-13)16-19(17,18)10-3-4-12(15)11(14)6-10/h3-4,6,8-9,16H,5,7H2,1-2H3. The number of sulfonamides is 1. The van der Waals surface area contributed by atoms with Gasteiger partial charge in [-0.15, -0.1) is 0 Å². The zero-order valence-electron chi connectivity index (χ0n) is 10.7. The number of hydrogen-bond acceptors (Lipinski definition) is 2. The minimum atomic E-state index is -3.53. The van der Waals surface area contributed by atoms with Crippen LogP contribution in [-0.4, -0.2) is 19.8 Å². The van der Waals surface area contributed by atoms with Crippen LogP contribution in [0.5, 0.6) is 0 Å². The lowest BCUT2D eigenvalue weighted by Crippen LogP contribution is -2.37. The first-order valence-electron chi connectivity index (χ1n) is 5.79. The second-order valence-electron chi connectivity index (χ2n) is 4.68. The van der Waals surface area contributed by atoms with Gasteiger partial charge in [0, 0.05) is 15.8 Å². The predicted molar refractivity (Wildman–Crippen MR) is 86.5 cm³/mol. The van der Waals surface area contributed by atoms with Gasteiger partial charge in [-0.2, -0.15) is 0 Å². The van der Waals surface area contributed by atoms with Crippen molar-refractivity contribution >= 4 is 53.5 Å². The molecule has 0 aliphatic rings. The maximum absolute atomic E-state index is 12.3. The van der Waals surface area contributed by atoms with Crippen LogP contribution in [0.15, 0.2) is 27.6 Å². The molecule has 1 atom stereocenters. The molecule has 1 unspecified atom stereocenters. The first-order valence-corrected chi connectivity index (χ1v) is 9.57. The molecule has 0 amide bonds. The fourth-order valence-corrected chi connectivity index (χ4v) is 4.21. The molecule has 108 valence electrons. The largest absolute Gasteiger partial charge is 0.240 e. The van der Waals surface area contributed by atoms with E-state index in [1.165, 1.54) is 12.1 Å². The van der Waals surface area contributed by atoms with Gasteiger partial charge in [-0.1, -0.05) is 41.4 Å². The van der Waals surface area contributed by atoms with Crippen molar-refractivity contribution in [1.82, 2.24) is 4.72 Å². The van der Waals surface area contributed by atoms with Crippen LogP contribution in [0.1, 0.15) is 20.3 Å². The summed E-state index contributed by atoms with van der Waals surface area (Å²) in [5.41, 5.74) is 0. The summed E-state index contributed by atoms with van der Waals surface area (Å²) in [6, 6.07) is 4.44. The van der Waals surface area contributed by atoms with Crippen LogP contribution in [0.25, 0.3) is 0 Å². The van der Waals surface area contributed by atoms with Gasteiger partial charge < -0.3 is 0 Å². The highest BCUT2D eigenvalue weighted by Gasteiger charge is 2.20. The molecule has 0 aliphatic carbocycles. The van der Waals surface area contributed by atoms with E-state index in [2.05, 4.69) is 50.4 Å². The molecule has 0 spiro atoms. The SMILES string of the molecule is CC(C)CC(CBr)NS(=O)(=O)c1ccc(Cl)c(Br)c1. The number of rotatable bonds is 6. The van der Waals surface area contributed by atoms with E-state index in [1.54, 1.807) is 6.07 Å². The first kappa shape index (κ1) is 17.4. The number of benzene rings is 1. The summed E-state index contributed by atoms with van der Waals surface area (Å²) in [5.74, 6) is 0.419. The van der Waals surface area contributed by atoms with Gasteiger partial charge in [0.2, 0.25) is 10.0 Å². The molecule has 0 radical (unpaired) electrons. The second kappa shape index (κ2) is 7.41. The Hall–Kier alpha value is 0.380. The number of nitrogens with one attached hydrogen (secondary N) is 1. The van der Waals surface area contributed by atoms with Crippen molar-refractivity contribution in [1.29, 1.82) is 0 Å². The Kier molecular flexibility index (Phi) is 6.79. The smallest absolute Gasteiger partial charge is 0.207 e. The monoisotopic (exact) mass is 431 g/mol. The highest BCUT2D eigenvalue weighted by atomic mass is 79.9. The van der Waals surface area contributed by atoms with Crippen LogP contribution in [0, 0.1) is 5.92 Å². The third kappa shape index (κ3) is 5.34. The molecule has 0 saturated carbocycles. The van der Waals surface area contributed by atoms with Crippen molar-refractivity contribution < 1.29 is 8.42 Å². The van der Waals surface area contributed by atoms with Crippen LogP contribution in [0.2, 0.25) is 5.02 Å². The van der Waals surface area contributed by atoms with E-state index < -0.39 is 10.0 Å². The molecule has 1 aromatic rings. The summed E-state index contributed by atoms with van der Waals surface area (Å²) in [7, 11) is -3.53. The zero-order valence-corrected chi connectivity index (χ0v) is 15.4. The summed E-state index contributed by atoms with van der Waals surface area (Å²) >= 11 is 12.4. The Labute approximate surface area is 136 Å². The van der Waals surface area contributed by atoms with Gasteiger partial charge in [0.05, 0.1) is 9.92 Å². The molecule has 3 nitrogen and oxygen atoms in total. The Morgan fingerprint density at radius 2 is 2.00 bits per heavy atom. The van der Waals surface area contributed by atoms with Crippen LogP contribution in [0.3, 0.4) is 0 Å². The summed E-state index contributed by atoms with van der Waals surface area (Å²) < 4.78 is 27.8. The molecule has 0 aliphatic heterocycles. The fraction of sp³-hybridized carbons (Fsp3) is 0.500. The van der Waals surface area contributed by atoms with E-state index in [-0.39, 0.29) is 10.9 Å². The minimum absolute atomic E-state index is 0.126. The normalized spacial score (nSPS) is 13.8. The van der Waals surface area contributed by atoms with Crippen LogP contribution in [-0.2, 0) is 10.0 Å². The molecule has 0 saturated heterocycles. The maximum Gasteiger partial charge on any atom is 0.240 e. The van der Waals surface area contributed by atoms with Crippen molar-refractivity contribution in [3.8, 4) is 0 Å². The van der Waals surface area contributed by atoms with Gasteiger partial charge in [-0.25, -0.2) is 13.1 Å². The van der Waals surface area contributed by atoms with Crippen LogP contribution in [0.4, 0.5) is 0 Å². The zero-order chi connectivity index (χ0) is 14.6. The van der Waals surface area contributed by atoms with E-state index in [4.69, 9.17) is 11.6 Å². The molecule has 0 aromatic heterocycles. The van der Waals surface area contributed by atoms with Gasteiger partial charge in [-0.05, 0) is 46.5 Å². The molecule has 0 bridgehead atoms. The Balaban J connectivity index is 2.93. The molecule has 1 aromatic carbocycles. The molecular weight excluding hydrogens is 417 g/mol. The predicted octanol–water partition coefficient (Wildman–Crippen LogP) is 4.19. The third-order valence-corrected chi connectivity index (χ3v) is 5.98. The van der Waals surface area contributed by atoms with Crippen molar-refractivity contribution in [3.05, 3.63) is 27.7 Å². The highest BCUT2D eigenvalue weighted by molar-refractivity contribution is 9.10. The van der Waals surface area contributed by atoms with E-state index in [0.717, 1.165) is 6.42 Å². The molecular formula is C12H16Br2ClNO2S. The Morgan fingerprint density at radius 1 is 1.37 bits per heavy atom. The molecule has 1 N–H and O–H groups in total. The second-order valence-corrected chi connectivity index (χ2v) is 8.30. The molecule has 0 heterocycles. The van der Waals surface area contributed by atoms with Gasteiger partial charge >= 0.3 is 0 Å². The van der Waals surface area contributed by atoms with E-state index >= 15 is 0 Å². The average molecular weight is 434 g/mol. The third-order valence-electron chi connectivity index (χ3n) is 2.47.